The molecule has 0 spiro atoms. The number of carbonyl (C=O) groups is 3. The zero-order valence-electron chi connectivity index (χ0n) is 57.5. The Kier molecular flexibility index (Phi) is 51.0. The third-order valence-corrected chi connectivity index (χ3v) is 13.3. The van der Waals surface area contributed by atoms with E-state index in [9.17, 15) is 68.4 Å². The second-order valence-electron chi connectivity index (χ2n) is 21.2. The van der Waals surface area contributed by atoms with E-state index < -0.39 is 76.9 Å². The van der Waals surface area contributed by atoms with E-state index in [0.717, 1.165) is 12.1 Å². The van der Waals surface area contributed by atoms with Crippen LogP contribution in [0.1, 0.15) is 122 Å². The Morgan fingerprint density at radius 1 is 0.564 bits per heavy atom. The van der Waals surface area contributed by atoms with Crippen LogP contribution < -0.4 is 77.4 Å². The summed E-state index contributed by atoms with van der Waals surface area (Å²) >= 11 is 32.0. The van der Waals surface area contributed by atoms with Crippen LogP contribution in [0.3, 0.4) is 0 Å². The summed E-state index contributed by atoms with van der Waals surface area (Å²) in [6, 6.07) is 14.9. The van der Waals surface area contributed by atoms with Crippen LogP contribution in [0.15, 0.2) is 60.7 Å². The molecule has 5 aromatic rings. The molecule has 20 nitrogen and oxygen atoms in total. The number of aliphatic hydroxyl groups excluding tert-OH is 1. The molecule has 1 amide bonds. The first-order valence-corrected chi connectivity index (χ1v) is 37.7. The molecular formula is C61H76Br2Cl5F10MgN8NaO12Zn. The first-order valence-electron chi connectivity index (χ1n) is 28.9. The summed E-state index contributed by atoms with van der Waals surface area (Å²) in [6.07, 6.45) is -5.17. The predicted octanol–water partition coefficient (Wildman–Crippen LogP) is 10.7. The molecule has 5 fully saturated rings. The number of esters is 2. The molecule has 5 aliphatic carbocycles. The zero-order chi connectivity index (χ0) is 73.1. The van der Waals surface area contributed by atoms with Crippen LogP contribution in [-0.2, 0) is 53.0 Å². The molecule has 0 radical (unpaired) electrons. The fourth-order valence-electron chi connectivity index (χ4n) is 8.32. The van der Waals surface area contributed by atoms with E-state index in [-0.39, 0.29) is 194 Å². The SMILES string of the molecule is CC.CCOC(=O)Cc1cc(OC2CC(F)(F)C2)cc(C)n1.Cc1cc(OC2CC(F)(F)C2)cc(CC(N)=O)n1.Cc1cc(OC2CC(F)(F)C2)cc(Cl)n1.FC1(F)CC(Oc2cc(Cl)nc(Cl)c2)C1.N.O=[N+]([O-])c1cc(Cl)nc(Cl)c1.OC1CC(F)(F)C1.[Br-].[CH2-]C(=O)OCC.[CH3-].[H-].[Mg+2].[Na+].[Zn+][Br]. The van der Waals surface area contributed by atoms with Gasteiger partial charge in [-0.1, -0.05) is 71.9 Å². The van der Waals surface area contributed by atoms with Gasteiger partial charge in [0.25, 0.3) is 35.3 Å². The van der Waals surface area contributed by atoms with E-state index in [1.54, 1.807) is 65.0 Å². The molecule has 5 saturated carbocycles. The molecule has 0 unspecified atom stereocenters. The van der Waals surface area contributed by atoms with Gasteiger partial charge in [-0.05, 0) is 34.6 Å². The number of aromatic nitrogens is 5. The summed E-state index contributed by atoms with van der Waals surface area (Å²) < 4.78 is 155. The molecule has 0 saturated heterocycles. The van der Waals surface area contributed by atoms with Gasteiger partial charge in [0.2, 0.25) is 5.91 Å². The summed E-state index contributed by atoms with van der Waals surface area (Å²) in [7, 11) is 0. The number of pyridine rings is 5. The molecule has 5 aliphatic rings. The summed E-state index contributed by atoms with van der Waals surface area (Å²) in [5.74, 6) is -12.4. The van der Waals surface area contributed by atoms with Crippen LogP contribution in [0.4, 0.5) is 49.6 Å². The van der Waals surface area contributed by atoms with Gasteiger partial charge in [-0.3, -0.25) is 41.4 Å². The van der Waals surface area contributed by atoms with Gasteiger partial charge in [0.1, 0.15) is 73.2 Å². The molecule has 6 N–H and O–H groups in total. The Morgan fingerprint density at radius 2 is 0.832 bits per heavy atom. The van der Waals surface area contributed by atoms with E-state index >= 15 is 0 Å². The molecule has 0 atom stereocenters. The van der Waals surface area contributed by atoms with Crippen molar-refractivity contribution in [2.75, 3.05) is 13.2 Å². The fourth-order valence-corrected chi connectivity index (χ4v) is 9.45. The Bertz CT molecular complexity index is 3200. The number of halogens is 17. The number of nitro groups is 1. The molecule has 0 aliphatic heterocycles. The maximum absolute atomic E-state index is 12.8. The Morgan fingerprint density at radius 3 is 1.07 bits per heavy atom. The number of nitrogens with two attached hydrogens (primary N) is 1. The number of primary amides is 1. The van der Waals surface area contributed by atoms with Crippen molar-refractivity contribution in [2.45, 2.75) is 186 Å². The van der Waals surface area contributed by atoms with Gasteiger partial charge >= 0.3 is 88.5 Å². The molecule has 10 rings (SSSR count). The predicted molar refractivity (Wildman–Crippen MR) is 355 cm³/mol. The van der Waals surface area contributed by atoms with Gasteiger partial charge in [-0.2, -0.15) is 0 Å². The summed E-state index contributed by atoms with van der Waals surface area (Å²) in [6.45, 7) is 16.4. The first kappa shape index (κ1) is 104. The van der Waals surface area contributed by atoms with Crippen LogP contribution in [0.5, 0.6) is 23.0 Å². The average Bonchev–Trinajstić information content (AvgIpc) is 0.828. The van der Waals surface area contributed by atoms with Crippen LogP contribution in [0.2, 0.25) is 25.8 Å². The van der Waals surface area contributed by atoms with Crippen molar-refractivity contribution in [3.63, 3.8) is 0 Å². The van der Waals surface area contributed by atoms with E-state index in [2.05, 4.69) is 50.2 Å². The van der Waals surface area contributed by atoms with E-state index in [0.29, 0.717) is 69.8 Å². The van der Waals surface area contributed by atoms with Crippen molar-refractivity contribution in [3.05, 3.63) is 139 Å². The Hall–Kier alpha value is -3.35. The van der Waals surface area contributed by atoms with Gasteiger partial charge in [-0.15, -0.1) is 0 Å². The van der Waals surface area contributed by atoms with Crippen LogP contribution in [0, 0.1) is 45.2 Å². The minimum absolute atomic E-state index is 0. The second-order valence-corrected chi connectivity index (χ2v) is 23.1. The number of rotatable bonds is 15. The summed E-state index contributed by atoms with van der Waals surface area (Å²) in [5, 5.41) is 19.2. The number of hydrogen-bond acceptors (Lipinski definition) is 18. The number of carbonyl (C=O) groups excluding carboxylic acids is 3. The summed E-state index contributed by atoms with van der Waals surface area (Å²) in [5.41, 5.74) is 7.98. The number of ether oxygens (including phenoxy) is 6. The van der Waals surface area contributed by atoms with E-state index in [1.807, 2.05) is 13.8 Å². The maximum atomic E-state index is 12.8. The van der Waals surface area contributed by atoms with E-state index in [1.165, 1.54) is 34.5 Å². The second kappa shape index (κ2) is 49.5. The van der Waals surface area contributed by atoms with Crippen LogP contribution in [-0.4, -0.2) is 149 Å². The topological polar surface area (TPSA) is 295 Å². The molecule has 5 heterocycles. The Balaban J connectivity index is -0.000000361. The van der Waals surface area contributed by atoms with Gasteiger partial charge < -0.3 is 71.2 Å². The van der Waals surface area contributed by atoms with Crippen molar-refractivity contribution >= 4 is 118 Å². The number of aliphatic hydroxyl groups is 1. The number of nitrogens with zero attached hydrogens (tertiary/aromatic N) is 6. The van der Waals surface area contributed by atoms with Crippen LogP contribution in [0.25, 0.3) is 0 Å². The minimum atomic E-state index is -2.61. The quantitative estimate of drug-likeness (QED) is 0.0167. The van der Waals surface area contributed by atoms with Crippen molar-refractivity contribution in [3.8, 4) is 23.0 Å². The van der Waals surface area contributed by atoms with Gasteiger partial charge in [0.05, 0.1) is 60.6 Å². The molecule has 0 bridgehead atoms. The third kappa shape index (κ3) is 43.8. The van der Waals surface area contributed by atoms with Crippen molar-refractivity contribution in [1.82, 2.24) is 31.1 Å². The van der Waals surface area contributed by atoms with Gasteiger partial charge in [-0.25, -0.2) is 58.9 Å². The van der Waals surface area contributed by atoms with Gasteiger partial charge in [0, 0.05) is 130 Å². The number of hydrogen-bond donors (Lipinski definition) is 3. The van der Waals surface area contributed by atoms with Crippen molar-refractivity contribution in [1.29, 1.82) is 0 Å². The number of alkyl halides is 10. The molecule has 556 valence electrons. The molecule has 5 aromatic heterocycles. The average molecular weight is 1750 g/mol. The first-order chi connectivity index (χ1) is 44.6. The van der Waals surface area contributed by atoms with E-state index in [4.69, 9.17) is 92.5 Å². The van der Waals surface area contributed by atoms with Crippen molar-refractivity contribution < 1.29 is 161 Å². The van der Waals surface area contributed by atoms with Gasteiger partial charge in [0.15, 0.2) is 5.97 Å². The standard InChI is InChI=1S/C14H17F2NO3.C12H14F2N2O2.C10H10ClF2NO.C9H7Cl2F2NO.C5H2Cl2N2O2.C4H6F2O.C4H7O2.C2H6.CH3.2BrH.Mg.H3N.Na.Zn.H/c1-3-19-13(18)6-10-5-11(4-9(2)17-10)20-12-7-14(15,16)8-12;1-7-2-9(3-8(16-7)4-11(15)17)18-10-5-12(13,14)6-10;1-6-2-7(3-9(11)14-6)15-8-4-10(12,13)5-8;10-7-1-5(2-8(11)14-7)15-6-3-9(12,13)4-6;6-4-1-3(9(10)11)2-5(7)8-4;5-4(6)1-3(7)2-4;1-3-6-4(2)5;1-2;;;;;;;;/h4-5,12H,3,6-8H2,1-2H3;2-3,10H,4-6H2,1H3,(H2,15,17);2-3,8H,4-5H2,1H3;1-2,6H,3-4H2;1-2H;3,7H,1-2H2;2-3H2,1H3;1-2H3;1H3;2*1H;;1H3;;;/q;;;;;;-1;;-1;;;+2;;+1;+2;-1/p-2. The number of amides is 1. The molecule has 101 heavy (non-hydrogen) atoms. The summed E-state index contributed by atoms with van der Waals surface area (Å²) in [4.78, 5) is 61.1. The monoisotopic (exact) mass is 1750 g/mol. The molecule has 0 aromatic carbocycles. The Labute approximate surface area is 671 Å². The van der Waals surface area contributed by atoms with Crippen molar-refractivity contribution in [2.24, 2.45) is 5.73 Å². The molecule has 40 heteroatoms. The number of aryl methyl sites for hydroxylation is 3. The fraction of sp³-hybridized carbons (Fsp3) is 0.508. The van der Waals surface area contributed by atoms with Crippen LogP contribution >= 0.6 is 71.6 Å². The molecular weight excluding hydrogens is 1680 g/mol. The third-order valence-electron chi connectivity index (χ3n) is 12.3. The zero-order valence-corrected chi connectivity index (χ0v) is 69.8. The normalized spacial score (nSPS) is 16.2.